The molecule has 0 saturated heterocycles. The van der Waals surface area contributed by atoms with Gasteiger partial charge in [-0.15, -0.1) is 6.58 Å². The van der Waals surface area contributed by atoms with Gasteiger partial charge in [-0.25, -0.2) is 0 Å². The summed E-state index contributed by atoms with van der Waals surface area (Å²) in [6.45, 7) is 10.4. The van der Waals surface area contributed by atoms with E-state index in [9.17, 15) is 0 Å². The molecule has 3 N–H and O–H groups in total. The quantitative estimate of drug-likeness (QED) is 0.343. The van der Waals surface area contributed by atoms with Crippen molar-refractivity contribution in [2.24, 2.45) is 11.8 Å². The van der Waals surface area contributed by atoms with E-state index in [0.717, 1.165) is 6.54 Å². The van der Waals surface area contributed by atoms with E-state index in [2.05, 4.69) is 12.0 Å². The third-order valence-electron chi connectivity index (χ3n) is 0.842. The van der Waals surface area contributed by atoms with Gasteiger partial charge in [0.15, 0.2) is 0 Å². The van der Waals surface area contributed by atoms with Crippen LogP contribution in [-0.4, -0.2) is 6.54 Å². The van der Waals surface area contributed by atoms with E-state index in [1.54, 1.807) is 0 Å². The molecule has 0 aliphatic carbocycles. The summed E-state index contributed by atoms with van der Waals surface area (Å²) in [4.78, 5) is 0. The zero-order valence-corrected chi connectivity index (χ0v) is 6.65. The highest BCUT2D eigenvalue weighted by atomic mass is 15.2. The zero-order valence-electron chi connectivity index (χ0n) is 6.65. The second-order valence-corrected chi connectivity index (χ2v) is 1.62. The molecule has 0 aromatic carbocycles. The van der Waals surface area contributed by atoms with Gasteiger partial charge < -0.3 is 0 Å². The monoisotopic (exact) mass is 130 g/mol. The molecule has 0 spiro atoms. The van der Waals surface area contributed by atoms with Gasteiger partial charge in [-0.3, -0.25) is 11.3 Å². The Labute approximate surface area is 58.1 Å². The largest absolute Gasteiger partial charge is 0.271 e. The fourth-order valence-corrected chi connectivity index (χ4v) is 0.269. The molecule has 0 rings (SSSR count). The van der Waals surface area contributed by atoms with Crippen LogP contribution in [0.3, 0.4) is 0 Å². The molecule has 0 aromatic rings. The smallest absolute Gasteiger partial charge is 0.0158 e. The molecule has 2 heteroatoms. The van der Waals surface area contributed by atoms with Crippen LogP contribution in [0.4, 0.5) is 0 Å². The fourth-order valence-electron chi connectivity index (χ4n) is 0.269. The highest BCUT2D eigenvalue weighted by molar-refractivity contribution is 4.75. The molecule has 0 bridgehead atoms. The van der Waals surface area contributed by atoms with Crippen molar-refractivity contribution in [1.29, 1.82) is 0 Å². The third-order valence-corrected chi connectivity index (χ3v) is 0.842. The fraction of sp³-hybridized carbons (Fsp3) is 0.714. The Morgan fingerprint density at radius 2 is 2.11 bits per heavy atom. The van der Waals surface area contributed by atoms with E-state index < -0.39 is 0 Å². The first kappa shape index (κ1) is 11.5. The van der Waals surface area contributed by atoms with Gasteiger partial charge in [0.1, 0.15) is 0 Å². The van der Waals surface area contributed by atoms with E-state index >= 15 is 0 Å². The third kappa shape index (κ3) is 11.3. The van der Waals surface area contributed by atoms with E-state index in [-0.39, 0.29) is 0 Å². The Kier molecular flexibility index (Phi) is 13.5. The van der Waals surface area contributed by atoms with E-state index in [0.29, 0.717) is 5.92 Å². The highest BCUT2D eigenvalue weighted by Crippen LogP contribution is 1.88. The van der Waals surface area contributed by atoms with E-state index in [1.807, 2.05) is 26.8 Å². The molecule has 1 unspecified atom stereocenters. The number of nitrogens with one attached hydrogen (secondary N) is 1. The summed E-state index contributed by atoms with van der Waals surface area (Å²) in [5, 5.41) is 0. The highest BCUT2D eigenvalue weighted by Gasteiger charge is 1.88. The van der Waals surface area contributed by atoms with Gasteiger partial charge >= 0.3 is 0 Å². The van der Waals surface area contributed by atoms with Crippen molar-refractivity contribution in [3.63, 3.8) is 0 Å². The van der Waals surface area contributed by atoms with Gasteiger partial charge in [-0.1, -0.05) is 26.8 Å². The Hall–Kier alpha value is -0.340. The SMILES string of the molecule is C=CC(C)CNN.CC. The van der Waals surface area contributed by atoms with Gasteiger partial charge in [-0.2, -0.15) is 0 Å². The van der Waals surface area contributed by atoms with Crippen molar-refractivity contribution in [2.75, 3.05) is 6.54 Å². The van der Waals surface area contributed by atoms with Crippen LogP contribution >= 0.6 is 0 Å². The normalized spacial score (nSPS) is 11.1. The summed E-state index contributed by atoms with van der Waals surface area (Å²) in [7, 11) is 0. The maximum Gasteiger partial charge on any atom is 0.0158 e. The molecular formula is C7H18N2. The first-order chi connectivity index (χ1) is 4.31. The van der Waals surface area contributed by atoms with Crippen molar-refractivity contribution in [3.05, 3.63) is 12.7 Å². The molecule has 0 aliphatic heterocycles. The van der Waals surface area contributed by atoms with E-state index in [1.165, 1.54) is 0 Å². The van der Waals surface area contributed by atoms with Gasteiger partial charge in [-0.05, 0) is 5.92 Å². The second-order valence-electron chi connectivity index (χ2n) is 1.62. The molecule has 0 aromatic heterocycles. The van der Waals surface area contributed by atoms with Gasteiger partial charge in [0.2, 0.25) is 0 Å². The summed E-state index contributed by atoms with van der Waals surface area (Å²) >= 11 is 0. The van der Waals surface area contributed by atoms with Crippen LogP contribution in [0.1, 0.15) is 20.8 Å². The molecular weight excluding hydrogens is 112 g/mol. The first-order valence-corrected chi connectivity index (χ1v) is 3.37. The summed E-state index contributed by atoms with van der Waals surface area (Å²) in [5.74, 6) is 5.48. The molecule has 0 amide bonds. The van der Waals surface area contributed by atoms with Crippen molar-refractivity contribution >= 4 is 0 Å². The molecule has 1 atom stereocenters. The van der Waals surface area contributed by atoms with Crippen molar-refractivity contribution in [3.8, 4) is 0 Å². The van der Waals surface area contributed by atoms with Crippen molar-refractivity contribution in [1.82, 2.24) is 5.43 Å². The Bertz CT molecular complexity index is 52.9. The predicted octanol–water partition coefficient (Wildman–Crippen LogP) is 1.30. The standard InChI is InChI=1S/C5H12N2.C2H6/c1-3-5(2)4-7-6;1-2/h3,5,7H,1,4,6H2,2H3;1-2H3. The molecule has 0 radical (unpaired) electrons. The van der Waals surface area contributed by atoms with Crippen LogP contribution in [0.5, 0.6) is 0 Å². The second kappa shape index (κ2) is 10.6. The maximum absolute atomic E-state index is 5.01. The minimum Gasteiger partial charge on any atom is -0.271 e. The van der Waals surface area contributed by atoms with Crippen molar-refractivity contribution < 1.29 is 0 Å². The van der Waals surface area contributed by atoms with Crippen LogP contribution < -0.4 is 11.3 Å². The molecule has 0 saturated carbocycles. The molecule has 0 fully saturated rings. The van der Waals surface area contributed by atoms with Crippen LogP contribution in [-0.2, 0) is 0 Å². The van der Waals surface area contributed by atoms with Crippen LogP contribution in [0.2, 0.25) is 0 Å². The van der Waals surface area contributed by atoms with Crippen LogP contribution in [0, 0.1) is 5.92 Å². The molecule has 0 aliphatic rings. The predicted molar refractivity (Wildman–Crippen MR) is 42.9 cm³/mol. The minimum atomic E-state index is 0.477. The lowest BCUT2D eigenvalue weighted by Crippen LogP contribution is -2.26. The number of rotatable bonds is 3. The first-order valence-electron chi connectivity index (χ1n) is 3.37. The molecule has 0 heterocycles. The van der Waals surface area contributed by atoms with Crippen LogP contribution in [0.25, 0.3) is 0 Å². The topological polar surface area (TPSA) is 38.0 Å². The number of hydrogen-bond acceptors (Lipinski definition) is 2. The van der Waals surface area contributed by atoms with Gasteiger partial charge in [0, 0.05) is 6.54 Å². The van der Waals surface area contributed by atoms with Crippen molar-refractivity contribution in [2.45, 2.75) is 20.8 Å². The average molecular weight is 130 g/mol. The summed E-state index contributed by atoms with van der Waals surface area (Å²) in [6.07, 6.45) is 1.86. The number of nitrogens with two attached hydrogens (primary N) is 1. The minimum absolute atomic E-state index is 0.477. The summed E-state index contributed by atoms with van der Waals surface area (Å²) < 4.78 is 0. The Morgan fingerprint density at radius 1 is 1.67 bits per heavy atom. The zero-order chi connectivity index (χ0) is 7.70. The molecule has 9 heavy (non-hydrogen) atoms. The lowest BCUT2D eigenvalue weighted by Gasteiger charge is -2.00. The number of hydrazine groups is 1. The Balaban J connectivity index is 0. The lowest BCUT2D eigenvalue weighted by atomic mass is 10.2. The lowest BCUT2D eigenvalue weighted by molar-refractivity contribution is 0.616. The van der Waals surface area contributed by atoms with E-state index in [4.69, 9.17) is 5.84 Å². The maximum atomic E-state index is 5.01. The van der Waals surface area contributed by atoms with Gasteiger partial charge in [0.05, 0.1) is 0 Å². The van der Waals surface area contributed by atoms with Crippen LogP contribution in [0.15, 0.2) is 12.7 Å². The number of hydrogen-bond donors (Lipinski definition) is 2. The van der Waals surface area contributed by atoms with Gasteiger partial charge in [0.25, 0.3) is 0 Å². The molecule has 56 valence electrons. The molecule has 2 nitrogen and oxygen atoms in total. The summed E-state index contributed by atoms with van der Waals surface area (Å²) in [5.41, 5.74) is 2.55. The Morgan fingerprint density at radius 3 is 2.22 bits per heavy atom. The summed E-state index contributed by atoms with van der Waals surface area (Å²) in [6, 6.07) is 0. The average Bonchev–Trinajstić information content (AvgIpc) is 1.93.